The predicted molar refractivity (Wildman–Crippen MR) is 108 cm³/mol. The largest absolute Gasteiger partial charge is 0.474 e. The Kier molecular flexibility index (Phi) is 5.26. The lowest BCUT2D eigenvalue weighted by molar-refractivity contribution is 0.0995. The van der Waals surface area contributed by atoms with Crippen molar-refractivity contribution in [2.24, 2.45) is 5.73 Å². The third-order valence-electron chi connectivity index (χ3n) is 4.15. The molecule has 29 heavy (non-hydrogen) atoms. The van der Waals surface area contributed by atoms with Crippen LogP contribution in [0, 0.1) is 0 Å². The molecule has 0 unspecified atom stereocenters. The summed E-state index contributed by atoms with van der Waals surface area (Å²) in [4.78, 5) is 15.2. The Hall–Kier alpha value is -3.65. The van der Waals surface area contributed by atoms with E-state index in [0.717, 1.165) is 16.6 Å². The molecule has 4 aromatic rings. The van der Waals surface area contributed by atoms with Gasteiger partial charge in [-0.2, -0.15) is 0 Å². The van der Waals surface area contributed by atoms with Crippen LogP contribution in [0.15, 0.2) is 59.3 Å². The van der Waals surface area contributed by atoms with Gasteiger partial charge in [0.25, 0.3) is 11.8 Å². The normalized spacial score (nSPS) is 10.8. The van der Waals surface area contributed by atoms with E-state index in [0.29, 0.717) is 29.5 Å². The van der Waals surface area contributed by atoms with Crippen molar-refractivity contribution in [1.82, 2.24) is 15.2 Å². The van der Waals surface area contributed by atoms with Gasteiger partial charge in [-0.1, -0.05) is 17.7 Å². The third kappa shape index (κ3) is 4.27. The van der Waals surface area contributed by atoms with Gasteiger partial charge in [0.15, 0.2) is 5.82 Å². The van der Waals surface area contributed by atoms with E-state index in [4.69, 9.17) is 26.5 Å². The molecule has 0 atom stereocenters. The molecule has 0 fully saturated rings. The number of amides is 1. The average molecular weight is 410 g/mol. The van der Waals surface area contributed by atoms with Crippen LogP contribution < -0.4 is 15.8 Å². The van der Waals surface area contributed by atoms with Gasteiger partial charge < -0.3 is 20.2 Å². The highest BCUT2D eigenvalue weighted by Crippen LogP contribution is 2.30. The van der Waals surface area contributed by atoms with E-state index >= 15 is 0 Å². The van der Waals surface area contributed by atoms with Crippen molar-refractivity contribution in [3.8, 4) is 5.88 Å². The van der Waals surface area contributed by atoms with E-state index in [1.165, 1.54) is 6.20 Å². The molecule has 146 valence electrons. The highest BCUT2D eigenvalue weighted by Gasteiger charge is 2.14. The van der Waals surface area contributed by atoms with E-state index in [9.17, 15) is 4.79 Å². The highest BCUT2D eigenvalue weighted by molar-refractivity contribution is 6.30. The number of rotatable bonds is 7. The number of hydrogen-bond donors (Lipinski definition) is 2. The molecular formula is C20H16ClN5O3. The molecule has 1 amide bonds. The fourth-order valence-corrected chi connectivity index (χ4v) is 2.97. The molecule has 0 bridgehead atoms. The van der Waals surface area contributed by atoms with Gasteiger partial charge in [0.05, 0.1) is 18.3 Å². The monoisotopic (exact) mass is 409 g/mol. The molecule has 0 aliphatic rings. The summed E-state index contributed by atoms with van der Waals surface area (Å²) in [5, 5.41) is 12.9. The van der Waals surface area contributed by atoms with Gasteiger partial charge in [0.1, 0.15) is 5.69 Å². The number of carbonyl (C=O) groups excluding carboxylic acids is 1. The van der Waals surface area contributed by atoms with Crippen LogP contribution in [0.2, 0.25) is 5.02 Å². The van der Waals surface area contributed by atoms with E-state index in [1.807, 2.05) is 12.1 Å². The maximum absolute atomic E-state index is 11.2. The second kappa shape index (κ2) is 8.15. The summed E-state index contributed by atoms with van der Waals surface area (Å²) in [6.45, 7) is 0.313. The Labute approximate surface area is 170 Å². The molecule has 0 aliphatic carbocycles. The topological polar surface area (TPSA) is 116 Å². The van der Waals surface area contributed by atoms with Gasteiger partial charge in [-0.15, -0.1) is 10.2 Å². The van der Waals surface area contributed by atoms with Crippen LogP contribution in [0.25, 0.3) is 11.0 Å². The smallest absolute Gasteiger partial charge is 0.277 e. The first kappa shape index (κ1) is 18.7. The molecule has 0 spiro atoms. The quantitative estimate of drug-likeness (QED) is 0.477. The number of nitrogens with zero attached hydrogens (tertiary/aromatic N) is 3. The Morgan fingerprint density at radius 2 is 2.10 bits per heavy atom. The van der Waals surface area contributed by atoms with Crippen LogP contribution in [0.1, 0.15) is 16.1 Å². The van der Waals surface area contributed by atoms with Crippen molar-refractivity contribution in [3.05, 3.63) is 71.2 Å². The van der Waals surface area contributed by atoms with Crippen molar-refractivity contribution in [2.45, 2.75) is 6.42 Å². The van der Waals surface area contributed by atoms with Crippen LogP contribution in [0.5, 0.6) is 5.88 Å². The van der Waals surface area contributed by atoms with Gasteiger partial charge in [-0.25, -0.2) is 0 Å². The zero-order valence-electron chi connectivity index (χ0n) is 15.1. The number of hydrogen-bond acceptors (Lipinski definition) is 7. The van der Waals surface area contributed by atoms with Crippen LogP contribution >= 0.6 is 11.6 Å². The fourth-order valence-electron chi connectivity index (χ4n) is 2.78. The standard InChI is InChI=1S/C20H16ClN5O3/c21-13-2-1-3-14(11-13)24-19-15-6-9-28-17(15)20(26-25-19)29-8-5-12-4-7-23-16(10-12)18(22)27/h1-4,6-7,9-11H,5,8H2,(H2,22,27)(H,24,25). The van der Waals surface area contributed by atoms with Gasteiger partial charge in [-0.05, 0) is 42.0 Å². The van der Waals surface area contributed by atoms with Gasteiger partial charge in [-0.3, -0.25) is 9.78 Å². The van der Waals surface area contributed by atoms with Gasteiger partial charge in [0.2, 0.25) is 5.58 Å². The van der Waals surface area contributed by atoms with Crippen molar-refractivity contribution < 1.29 is 13.9 Å². The molecule has 3 N–H and O–H groups in total. The number of halogens is 1. The Morgan fingerprint density at radius 3 is 2.93 bits per heavy atom. The average Bonchev–Trinajstić information content (AvgIpc) is 3.20. The number of aromatic nitrogens is 3. The Morgan fingerprint density at radius 1 is 1.21 bits per heavy atom. The molecule has 0 saturated heterocycles. The summed E-state index contributed by atoms with van der Waals surface area (Å²) in [5.74, 6) is 0.244. The third-order valence-corrected chi connectivity index (χ3v) is 4.38. The zero-order valence-corrected chi connectivity index (χ0v) is 15.9. The Bertz CT molecular complexity index is 1180. The fraction of sp³-hybridized carbons (Fsp3) is 0.100. The van der Waals surface area contributed by atoms with Crippen LogP contribution in [-0.2, 0) is 6.42 Å². The van der Waals surface area contributed by atoms with Crippen LogP contribution in [0.3, 0.4) is 0 Å². The lowest BCUT2D eigenvalue weighted by Crippen LogP contribution is -2.13. The van der Waals surface area contributed by atoms with Crippen molar-refractivity contribution in [2.75, 3.05) is 11.9 Å². The molecule has 0 radical (unpaired) electrons. The maximum Gasteiger partial charge on any atom is 0.277 e. The predicted octanol–water partition coefficient (Wildman–Crippen LogP) is 3.74. The molecular weight excluding hydrogens is 394 g/mol. The number of anilines is 2. The van der Waals surface area contributed by atoms with Gasteiger partial charge in [0, 0.05) is 23.3 Å². The first-order chi connectivity index (χ1) is 14.1. The van der Waals surface area contributed by atoms with E-state index in [2.05, 4.69) is 20.5 Å². The van der Waals surface area contributed by atoms with Crippen molar-refractivity contribution in [1.29, 1.82) is 0 Å². The number of pyridine rings is 1. The molecule has 0 saturated carbocycles. The lowest BCUT2D eigenvalue weighted by Gasteiger charge is -2.09. The highest BCUT2D eigenvalue weighted by atomic mass is 35.5. The number of carbonyl (C=O) groups is 1. The summed E-state index contributed by atoms with van der Waals surface area (Å²) < 4.78 is 11.3. The van der Waals surface area contributed by atoms with Crippen LogP contribution in [0.4, 0.5) is 11.5 Å². The minimum atomic E-state index is -0.571. The second-order valence-electron chi connectivity index (χ2n) is 6.16. The van der Waals surface area contributed by atoms with Crippen molar-refractivity contribution >= 4 is 40.0 Å². The number of nitrogens with one attached hydrogen (secondary N) is 1. The molecule has 0 aliphatic heterocycles. The SMILES string of the molecule is NC(=O)c1cc(CCOc2nnc(Nc3cccc(Cl)c3)c3ccoc23)ccn1. The first-order valence-electron chi connectivity index (χ1n) is 8.74. The van der Waals surface area contributed by atoms with Crippen LogP contribution in [-0.4, -0.2) is 27.7 Å². The number of benzene rings is 1. The number of fused-ring (bicyclic) bond motifs is 1. The van der Waals surface area contributed by atoms with E-state index in [-0.39, 0.29) is 11.6 Å². The first-order valence-corrected chi connectivity index (χ1v) is 9.12. The van der Waals surface area contributed by atoms with E-state index in [1.54, 1.807) is 36.6 Å². The second-order valence-corrected chi connectivity index (χ2v) is 6.60. The summed E-state index contributed by atoms with van der Waals surface area (Å²) >= 11 is 6.02. The van der Waals surface area contributed by atoms with Gasteiger partial charge >= 0.3 is 0 Å². The van der Waals surface area contributed by atoms with E-state index < -0.39 is 5.91 Å². The summed E-state index contributed by atoms with van der Waals surface area (Å²) in [6.07, 6.45) is 3.62. The summed E-state index contributed by atoms with van der Waals surface area (Å²) in [6, 6.07) is 12.5. The molecule has 4 rings (SSSR count). The summed E-state index contributed by atoms with van der Waals surface area (Å²) in [5.41, 5.74) is 7.61. The zero-order chi connectivity index (χ0) is 20.2. The molecule has 3 heterocycles. The number of primary amides is 1. The number of furan rings is 1. The minimum Gasteiger partial charge on any atom is -0.474 e. The van der Waals surface area contributed by atoms with Crippen molar-refractivity contribution in [3.63, 3.8) is 0 Å². The molecule has 8 nitrogen and oxygen atoms in total. The molecule has 3 aromatic heterocycles. The summed E-state index contributed by atoms with van der Waals surface area (Å²) in [7, 11) is 0. The Balaban J connectivity index is 1.48. The lowest BCUT2D eigenvalue weighted by atomic mass is 10.2. The molecule has 9 heteroatoms. The number of ether oxygens (including phenoxy) is 1. The number of nitrogens with two attached hydrogens (primary N) is 1. The minimum absolute atomic E-state index is 0.215. The maximum atomic E-state index is 11.2. The molecule has 1 aromatic carbocycles.